The van der Waals surface area contributed by atoms with E-state index in [9.17, 15) is 9.18 Å². The Kier molecular flexibility index (Phi) is 5.67. The van der Waals surface area contributed by atoms with Crippen LogP contribution in [0.5, 0.6) is 0 Å². The van der Waals surface area contributed by atoms with Crippen LogP contribution < -0.4 is 5.32 Å². The van der Waals surface area contributed by atoms with E-state index in [0.29, 0.717) is 25.1 Å². The van der Waals surface area contributed by atoms with Gasteiger partial charge in [0.15, 0.2) is 0 Å². The predicted molar refractivity (Wildman–Crippen MR) is 115 cm³/mol. The number of benzene rings is 1. The predicted octanol–water partition coefficient (Wildman–Crippen LogP) is 5.49. The third kappa shape index (κ3) is 4.51. The number of nitrogens with zero attached hydrogens (tertiary/aromatic N) is 2. The molecule has 0 aliphatic heterocycles. The zero-order chi connectivity index (χ0) is 20.2. The number of H-pyrrole nitrogens is 1. The fourth-order valence-corrected chi connectivity index (χ4v) is 3.52. The molecule has 4 rings (SSSR count). The maximum Gasteiger partial charge on any atom is 0.225 e. The molecule has 5 nitrogen and oxygen atoms in total. The van der Waals surface area contributed by atoms with Gasteiger partial charge in [-0.05, 0) is 76.8 Å². The summed E-state index contributed by atoms with van der Waals surface area (Å²) in [4.78, 5) is 24.2. The van der Waals surface area contributed by atoms with Crippen molar-refractivity contribution in [1.29, 1.82) is 0 Å². The summed E-state index contributed by atoms with van der Waals surface area (Å²) in [5, 5.41) is 3.61. The zero-order valence-electron chi connectivity index (χ0n) is 15.5. The summed E-state index contributed by atoms with van der Waals surface area (Å²) in [5.74, 6) is 0.121. The number of aromatic amines is 1. The second-order valence-electron chi connectivity index (χ2n) is 6.65. The number of halogens is 2. The summed E-state index contributed by atoms with van der Waals surface area (Å²) >= 11 is 3.32. The molecule has 0 aliphatic carbocycles. The molecule has 0 bridgehead atoms. The number of aromatic nitrogens is 3. The average molecular weight is 453 g/mol. The lowest BCUT2D eigenvalue weighted by Gasteiger charge is -2.06. The lowest BCUT2D eigenvalue weighted by molar-refractivity contribution is -0.116. The van der Waals surface area contributed by atoms with E-state index < -0.39 is 0 Å². The van der Waals surface area contributed by atoms with E-state index in [1.165, 1.54) is 12.1 Å². The first kappa shape index (κ1) is 19.3. The lowest BCUT2D eigenvalue weighted by atomic mass is 10.0. The van der Waals surface area contributed by atoms with Crippen LogP contribution in [0.2, 0.25) is 0 Å². The molecule has 0 saturated carbocycles. The van der Waals surface area contributed by atoms with Gasteiger partial charge in [0.05, 0.1) is 11.4 Å². The molecule has 0 unspecified atom stereocenters. The SMILES string of the molecule is O=C(CCCc1c(-c2ccccn2)[nH]c2ccc(F)cc12)Nc1ccc(Br)cn1. The number of anilines is 1. The normalized spacial score (nSPS) is 11.0. The molecule has 1 aromatic carbocycles. The molecule has 29 heavy (non-hydrogen) atoms. The summed E-state index contributed by atoms with van der Waals surface area (Å²) in [6.07, 6.45) is 4.93. The molecule has 0 atom stereocenters. The molecule has 3 aromatic heterocycles. The molecule has 2 N–H and O–H groups in total. The molecule has 0 radical (unpaired) electrons. The maximum absolute atomic E-state index is 13.8. The van der Waals surface area contributed by atoms with Crippen LogP contribution in [0.1, 0.15) is 18.4 Å². The number of aryl methyl sites for hydroxylation is 1. The Morgan fingerprint density at radius 3 is 2.79 bits per heavy atom. The van der Waals surface area contributed by atoms with Gasteiger partial charge < -0.3 is 10.3 Å². The van der Waals surface area contributed by atoms with Gasteiger partial charge in [0, 0.05) is 34.2 Å². The largest absolute Gasteiger partial charge is 0.353 e. The lowest BCUT2D eigenvalue weighted by Crippen LogP contribution is -2.12. The van der Waals surface area contributed by atoms with Crippen molar-refractivity contribution in [2.24, 2.45) is 0 Å². The van der Waals surface area contributed by atoms with E-state index in [1.807, 2.05) is 24.3 Å². The number of pyridine rings is 2. The van der Waals surface area contributed by atoms with Crippen LogP contribution >= 0.6 is 15.9 Å². The molecule has 1 amide bonds. The van der Waals surface area contributed by atoms with Crippen LogP contribution in [-0.4, -0.2) is 20.9 Å². The van der Waals surface area contributed by atoms with Crippen molar-refractivity contribution in [3.63, 3.8) is 0 Å². The summed E-state index contributed by atoms with van der Waals surface area (Å²) in [5.41, 5.74) is 3.47. The first-order valence-electron chi connectivity index (χ1n) is 9.23. The quantitative estimate of drug-likeness (QED) is 0.406. The molecule has 4 aromatic rings. The molecule has 146 valence electrons. The standard InChI is InChI=1S/C22H18BrFN4O/c23-14-7-10-20(26-13-14)28-21(29)6-3-4-16-17-12-15(24)8-9-18(17)27-22(16)19-5-1-2-11-25-19/h1-2,5,7-13,27H,3-4,6H2,(H,26,28,29). The highest BCUT2D eigenvalue weighted by molar-refractivity contribution is 9.10. The van der Waals surface area contributed by atoms with Crippen LogP contribution in [0, 0.1) is 5.82 Å². The molecule has 0 aliphatic rings. The third-order valence-electron chi connectivity index (χ3n) is 4.61. The van der Waals surface area contributed by atoms with Gasteiger partial charge in [-0.3, -0.25) is 9.78 Å². The minimum atomic E-state index is -0.288. The Balaban J connectivity index is 1.51. The smallest absolute Gasteiger partial charge is 0.225 e. The van der Waals surface area contributed by atoms with Crippen LogP contribution in [0.4, 0.5) is 10.2 Å². The van der Waals surface area contributed by atoms with Crippen LogP contribution in [0.3, 0.4) is 0 Å². The highest BCUT2D eigenvalue weighted by Crippen LogP contribution is 2.31. The van der Waals surface area contributed by atoms with Crippen molar-refractivity contribution < 1.29 is 9.18 Å². The van der Waals surface area contributed by atoms with Crippen molar-refractivity contribution in [1.82, 2.24) is 15.0 Å². The summed E-state index contributed by atoms with van der Waals surface area (Å²) in [7, 11) is 0. The van der Waals surface area contributed by atoms with Crippen LogP contribution in [-0.2, 0) is 11.2 Å². The highest BCUT2D eigenvalue weighted by atomic mass is 79.9. The summed E-state index contributed by atoms with van der Waals surface area (Å²) < 4.78 is 14.7. The number of nitrogens with one attached hydrogen (secondary N) is 2. The van der Waals surface area contributed by atoms with Crippen LogP contribution in [0.25, 0.3) is 22.3 Å². The van der Waals surface area contributed by atoms with E-state index in [0.717, 1.165) is 32.3 Å². The fourth-order valence-electron chi connectivity index (χ4n) is 3.29. The molecule has 0 spiro atoms. The maximum atomic E-state index is 13.8. The monoisotopic (exact) mass is 452 g/mol. The second kappa shape index (κ2) is 8.53. The first-order chi connectivity index (χ1) is 14.1. The highest BCUT2D eigenvalue weighted by Gasteiger charge is 2.15. The fraction of sp³-hybridized carbons (Fsp3) is 0.136. The van der Waals surface area contributed by atoms with E-state index in [-0.39, 0.29) is 11.7 Å². The van der Waals surface area contributed by atoms with E-state index in [2.05, 4.69) is 36.2 Å². The van der Waals surface area contributed by atoms with Crippen molar-refractivity contribution in [2.75, 3.05) is 5.32 Å². The van der Waals surface area contributed by atoms with Gasteiger partial charge in [-0.1, -0.05) is 6.07 Å². The van der Waals surface area contributed by atoms with Gasteiger partial charge in [0.25, 0.3) is 0 Å². The Hall–Kier alpha value is -3.06. The summed E-state index contributed by atoms with van der Waals surface area (Å²) in [6.45, 7) is 0. The second-order valence-corrected chi connectivity index (χ2v) is 7.56. The summed E-state index contributed by atoms with van der Waals surface area (Å²) in [6, 6.07) is 13.9. The Morgan fingerprint density at radius 1 is 1.14 bits per heavy atom. The molecular formula is C22H18BrFN4O. The average Bonchev–Trinajstić information content (AvgIpc) is 3.08. The molecular weight excluding hydrogens is 435 g/mol. The zero-order valence-corrected chi connectivity index (χ0v) is 17.0. The van der Waals surface area contributed by atoms with E-state index in [1.54, 1.807) is 24.5 Å². The first-order valence-corrected chi connectivity index (χ1v) is 10.0. The van der Waals surface area contributed by atoms with Gasteiger partial charge >= 0.3 is 0 Å². The van der Waals surface area contributed by atoms with Gasteiger partial charge in [0.1, 0.15) is 11.6 Å². The Labute approximate surface area is 175 Å². The van der Waals surface area contributed by atoms with Gasteiger partial charge in [-0.2, -0.15) is 0 Å². The number of hydrogen-bond donors (Lipinski definition) is 2. The number of carbonyl (C=O) groups excluding carboxylic acids is 1. The topological polar surface area (TPSA) is 70.7 Å². The van der Waals surface area contributed by atoms with Gasteiger partial charge in [-0.25, -0.2) is 9.37 Å². The molecule has 7 heteroatoms. The van der Waals surface area contributed by atoms with Crippen molar-refractivity contribution in [3.8, 4) is 11.4 Å². The number of carbonyl (C=O) groups is 1. The minimum Gasteiger partial charge on any atom is -0.353 e. The minimum absolute atomic E-state index is 0.106. The van der Waals surface area contributed by atoms with Crippen molar-refractivity contribution >= 4 is 38.6 Å². The third-order valence-corrected chi connectivity index (χ3v) is 5.08. The van der Waals surface area contributed by atoms with Crippen molar-refractivity contribution in [2.45, 2.75) is 19.3 Å². The molecule has 3 heterocycles. The number of amides is 1. The van der Waals surface area contributed by atoms with Crippen LogP contribution in [0.15, 0.2) is 65.4 Å². The van der Waals surface area contributed by atoms with Gasteiger partial charge in [-0.15, -0.1) is 0 Å². The van der Waals surface area contributed by atoms with Crippen molar-refractivity contribution in [3.05, 3.63) is 76.8 Å². The van der Waals surface area contributed by atoms with E-state index in [4.69, 9.17) is 0 Å². The Morgan fingerprint density at radius 2 is 2.03 bits per heavy atom. The Bertz CT molecular complexity index is 1140. The molecule has 0 saturated heterocycles. The number of fused-ring (bicyclic) bond motifs is 1. The van der Waals surface area contributed by atoms with Gasteiger partial charge in [0.2, 0.25) is 5.91 Å². The number of hydrogen-bond acceptors (Lipinski definition) is 3. The molecule has 0 fully saturated rings. The van der Waals surface area contributed by atoms with E-state index >= 15 is 0 Å². The number of rotatable bonds is 6.